The maximum Gasteiger partial charge on any atom is 0.433 e. The normalized spacial score (nSPS) is 12.2. The van der Waals surface area contributed by atoms with Crippen LogP contribution in [0.4, 0.5) is 19.0 Å². The van der Waals surface area contributed by atoms with Crippen LogP contribution in [0.5, 0.6) is 0 Å². The van der Waals surface area contributed by atoms with Gasteiger partial charge in [0.1, 0.15) is 11.5 Å². The van der Waals surface area contributed by atoms with Gasteiger partial charge < -0.3 is 5.73 Å². The first kappa shape index (κ1) is 14.3. The number of nitrogens with two attached hydrogens (primary N) is 1. The summed E-state index contributed by atoms with van der Waals surface area (Å²) in [5, 5.41) is 4.00. The summed E-state index contributed by atoms with van der Waals surface area (Å²) in [4.78, 5) is 7.62. The van der Waals surface area contributed by atoms with Crippen molar-refractivity contribution in [3.05, 3.63) is 29.2 Å². The van der Waals surface area contributed by atoms with Gasteiger partial charge in [-0.15, -0.1) is 0 Å². The van der Waals surface area contributed by atoms with Gasteiger partial charge in [-0.3, -0.25) is 0 Å². The molecule has 0 atom stereocenters. The Morgan fingerprint density at radius 3 is 2.30 bits per heavy atom. The van der Waals surface area contributed by atoms with Crippen LogP contribution in [0, 0.1) is 6.92 Å². The third kappa shape index (κ3) is 2.73. The summed E-state index contributed by atoms with van der Waals surface area (Å²) < 4.78 is 39.8. The summed E-state index contributed by atoms with van der Waals surface area (Å²) in [5.41, 5.74) is 5.56. The average Bonchev–Trinajstić information content (AvgIpc) is 2.66. The molecule has 0 radical (unpaired) electrons. The lowest BCUT2D eigenvalue weighted by molar-refractivity contribution is -0.141. The zero-order valence-corrected chi connectivity index (χ0v) is 11.2. The molecule has 0 saturated heterocycles. The zero-order valence-electron chi connectivity index (χ0n) is 11.2. The highest BCUT2D eigenvalue weighted by Crippen LogP contribution is 2.30. The van der Waals surface area contributed by atoms with E-state index in [2.05, 4.69) is 15.1 Å². The van der Waals surface area contributed by atoms with Crippen LogP contribution in [0.1, 0.15) is 36.8 Å². The van der Waals surface area contributed by atoms with E-state index in [1.54, 1.807) is 26.8 Å². The fourth-order valence-corrected chi connectivity index (χ4v) is 1.67. The Bertz CT molecular complexity index is 631. The van der Waals surface area contributed by atoms with Crippen LogP contribution in [0.2, 0.25) is 0 Å². The number of anilines is 1. The molecule has 2 heterocycles. The lowest BCUT2D eigenvalue weighted by Gasteiger charge is -2.12. The topological polar surface area (TPSA) is 69.6 Å². The molecule has 0 fully saturated rings. The lowest BCUT2D eigenvalue weighted by atomic mass is 10.1. The fraction of sp³-hybridized carbons (Fsp3) is 0.417. The number of alkyl halides is 3. The predicted molar refractivity (Wildman–Crippen MR) is 67.4 cm³/mol. The molecule has 0 spiro atoms. The van der Waals surface area contributed by atoms with Gasteiger partial charge in [-0.05, 0) is 18.9 Å². The monoisotopic (exact) mass is 285 g/mol. The molecule has 8 heteroatoms. The molecule has 0 aliphatic heterocycles. The van der Waals surface area contributed by atoms with Crippen molar-refractivity contribution in [3.8, 4) is 5.95 Å². The van der Waals surface area contributed by atoms with Gasteiger partial charge in [0.2, 0.25) is 0 Å². The number of hydrogen-bond acceptors (Lipinski definition) is 4. The Morgan fingerprint density at radius 1 is 1.20 bits per heavy atom. The molecule has 2 aromatic heterocycles. The number of halogens is 3. The van der Waals surface area contributed by atoms with Gasteiger partial charge in [0.25, 0.3) is 5.95 Å². The van der Waals surface area contributed by atoms with Crippen molar-refractivity contribution >= 4 is 5.82 Å². The minimum atomic E-state index is -4.54. The highest BCUT2D eigenvalue weighted by molar-refractivity contribution is 5.37. The molecule has 0 unspecified atom stereocenters. The molecule has 0 bridgehead atoms. The summed E-state index contributed by atoms with van der Waals surface area (Å²) >= 11 is 0. The van der Waals surface area contributed by atoms with E-state index in [4.69, 9.17) is 5.73 Å². The standard InChI is InChI=1S/C12H14F3N5/c1-6(2)8-5-9(12(13,14)15)18-11(17-8)20-10(16)4-7(3)19-20/h4-6H,16H2,1-3H3. The van der Waals surface area contributed by atoms with E-state index in [1.165, 1.54) is 0 Å². The molecule has 5 nitrogen and oxygen atoms in total. The number of aryl methyl sites for hydroxylation is 1. The Labute approximate surface area is 113 Å². The molecule has 2 aromatic rings. The zero-order chi connectivity index (χ0) is 15.1. The van der Waals surface area contributed by atoms with Crippen molar-refractivity contribution in [1.29, 1.82) is 0 Å². The molecule has 0 aliphatic rings. The third-order valence-corrected chi connectivity index (χ3v) is 2.66. The number of hydrogen-bond donors (Lipinski definition) is 1. The number of nitrogen functional groups attached to an aromatic ring is 1. The summed E-state index contributed by atoms with van der Waals surface area (Å²) in [7, 11) is 0. The van der Waals surface area contributed by atoms with Crippen LogP contribution in [0.15, 0.2) is 12.1 Å². The van der Waals surface area contributed by atoms with Crippen LogP contribution in [-0.2, 0) is 6.18 Å². The molecule has 0 aliphatic carbocycles. The van der Waals surface area contributed by atoms with E-state index in [0.29, 0.717) is 5.69 Å². The van der Waals surface area contributed by atoms with E-state index in [9.17, 15) is 13.2 Å². The Balaban J connectivity index is 2.64. The number of rotatable bonds is 2. The van der Waals surface area contributed by atoms with Gasteiger partial charge in [-0.25, -0.2) is 9.97 Å². The average molecular weight is 285 g/mol. The second-order valence-corrected chi connectivity index (χ2v) is 4.75. The lowest BCUT2D eigenvalue weighted by Crippen LogP contribution is -2.15. The van der Waals surface area contributed by atoms with Crippen molar-refractivity contribution in [1.82, 2.24) is 19.7 Å². The van der Waals surface area contributed by atoms with E-state index < -0.39 is 11.9 Å². The molecule has 2 rings (SSSR count). The maximum absolute atomic E-state index is 12.9. The second-order valence-electron chi connectivity index (χ2n) is 4.75. The summed E-state index contributed by atoms with van der Waals surface area (Å²) in [6.45, 7) is 5.19. The van der Waals surface area contributed by atoms with E-state index in [-0.39, 0.29) is 23.4 Å². The largest absolute Gasteiger partial charge is 0.433 e. The number of aromatic nitrogens is 4. The Kier molecular flexibility index (Phi) is 3.41. The van der Waals surface area contributed by atoms with Crippen molar-refractivity contribution in [2.45, 2.75) is 32.9 Å². The highest BCUT2D eigenvalue weighted by atomic mass is 19.4. The minimum absolute atomic E-state index is 0.171. The smallest absolute Gasteiger partial charge is 0.383 e. The minimum Gasteiger partial charge on any atom is -0.383 e. The second kappa shape index (κ2) is 4.77. The number of nitrogens with zero attached hydrogens (tertiary/aromatic N) is 4. The summed E-state index contributed by atoms with van der Waals surface area (Å²) in [5.74, 6) is -0.151. The van der Waals surface area contributed by atoms with Crippen molar-refractivity contribution in [3.63, 3.8) is 0 Å². The van der Waals surface area contributed by atoms with Crippen LogP contribution in [-0.4, -0.2) is 19.7 Å². The first-order valence-corrected chi connectivity index (χ1v) is 5.97. The maximum atomic E-state index is 12.9. The summed E-state index contributed by atoms with van der Waals surface area (Å²) in [6, 6.07) is 2.49. The molecule has 0 saturated carbocycles. The molecular formula is C12H14F3N5. The fourth-order valence-electron chi connectivity index (χ4n) is 1.67. The SMILES string of the molecule is Cc1cc(N)n(-c2nc(C(C)C)cc(C(F)(F)F)n2)n1. The van der Waals surface area contributed by atoms with Crippen molar-refractivity contribution in [2.75, 3.05) is 5.73 Å². The van der Waals surface area contributed by atoms with Gasteiger partial charge in [0, 0.05) is 11.8 Å². The van der Waals surface area contributed by atoms with Gasteiger partial charge in [0.05, 0.1) is 5.69 Å². The first-order chi connectivity index (χ1) is 9.18. The molecular weight excluding hydrogens is 271 g/mol. The quantitative estimate of drug-likeness (QED) is 0.921. The van der Waals surface area contributed by atoms with Gasteiger partial charge >= 0.3 is 6.18 Å². The Hall–Kier alpha value is -2.12. The van der Waals surface area contributed by atoms with Crippen LogP contribution in [0.3, 0.4) is 0 Å². The van der Waals surface area contributed by atoms with Gasteiger partial charge in [-0.1, -0.05) is 13.8 Å². The first-order valence-electron chi connectivity index (χ1n) is 5.97. The third-order valence-electron chi connectivity index (χ3n) is 2.66. The molecule has 0 aromatic carbocycles. The van der Waals surface area contributed by atoms with Crippen LogP contribution in [0.25, 0.3) is 5.95 Å². The Morgan fingerprint density at radius 2 is 1.85 bits per heavy atom. The van der Waals surface area contributed by atoms with Gasteiger partial charge in [-0.2, -0.15) is 23.0 Å². The van der Waals surface area contributed by atoms with E-state index in [0.717, 1.165) is 10.7 Å². The summed E-state index contributed by atoms with van der Waals surface area (Å²) in [6.07, 6.45) is -4.54. The van der Waals surface area contributed by atoms with Crippen molar-refractivity contribution < 1.29 is 13.2 Å². The molecule has 20 heavy (non-hydrogen) atoms. The van der Waals surface area contributed by atoms with E-state index in [1.807, 2.05) is 0 Å². The van der Waals surface area contributed by atoms with Gasteiger partial charge in [0.15, 0.2) is 0 Å². The molecule has 2 N–H and O–H groups in total. The molecule has 108 valence electrons. The predicted octanol–water partition coefficient (Wildman–Crippen LogP) is 2.70. The van der Waals surface area contributed by atoms with Crippen LogP contribution >= 0.6 is 0 Å². The van der Waals surface area contributed by atoms with Crippen molar-refractivity contribution in [2.24, 2.45) is 0 Å². The van der Waals surface area contributed by atoms with Crippen LogP contribution < -0.4 is 5.73 Å². The molecule has 0 amide bonds. The van der Waals surface area contributed by atoms with E-state index >= 15 is 0 Å². The highest BCUT2D eigenvalue weighted by Gasteiger charge is 2.34.